The standard InChI is InChI=1S/C11H20N2OS/c1-2-9-5-3-4-6-13(9)11(14)10-7-15-8-12-10/h9-10,12H,2-8H2,1H3. The van der Waals surface area contributed by atoms with Crippen molar-refractivity contribution >= 4 is 17.7 Å². The average molecular weight is 228 g/mol. The zero-order valence-electron chi connectivity index (χ0n) is 9.37. The molecule has 0 aromatic heterocycles. The molecule has 2 atom stereocenters. The van der Waals surface area contributed by atoms with Crippen LogP contribution in [0.4, 0.5) is 0 Å². The number of nitrogens with zero attached hydrogens (tertiary/aromatic N) is 1. The van der Waals surface area contributed by atoms with Crippen molar-refractivity contribution in [2.24, 2.45) is 0 Å². The number of thioether (sulfide) groups is 1. The van der Waals surface area contributed by atoms with Crippen molar-refractivity contribution in [1.82, 2.24) is 10.2 Å². The number of likely N-dealkylation sites (tertiary alicyclic amines) is 1. The SMILES string of the molecule is CCC1CCCCN1C(=O)C1CSCN1. The van der Waals surface area contributed by atoms with Crippen LogP contribution < -0.4 is 5.32 Å². The predicted molar refractivity (Wildman–Crippen MR) is 63.9 cm³/mol. The van der Waals surface area contributed by atoms with E-state index < -0.39 is 0 Å². The Labute approximate surface area is 96.0 Å². The van der Waals surface area contributed by atoms with Crippen molar-refractivity contribution in [3.05, 3.63) is 0 Å². The summed E-state index contributed by atoms with van der Waals surface area (Å²) < 4.78 is 0. The molecular weight excluding hydrogens is 208 g/mol. The normalized spacial score (nSPS) is 31.9. The van der Waals surface area contributed by atoms with Crippen molar-refractivity contribution in [3.8, 4) is 0 Å². The van der Waals surface area contributed by atoms with Gasteiger partial charge in [-0.25, -0.2) is 0 Å². The zero-order valence-corrected chi connectivity index (χ0v) is 10.2. The molecule has 0 radical (unpaired) electrons. The fourth-order valence-corrected chi connectivity index (χ4v) is 3.40. The molecule has 0 aromatic carbocycles. The van der Waals surface area contributed by atoms with E-state index in [-0.39, 0.29) is 6.04 Å². The Morgan fingerprint density at radius 3 is 3.07 bits per heavy atom. The first kappa shape index (κ1) is 11.3. The van der Waals surface area contributed by atoms with Gasteiger partial charge in [0.25, 0.3) is 0 Å². The second-order valence-electron chi connectivity index (χ2n) is 4.36. The van der Waals surface area contributed by atoms with Gasteiger partial charge in [-0.1, -0.05) is 6.92 Å². The zero-order chi connectivity index (χ0) is 10.7. The molecule has 4 heteroatoms. The maximum absolute atomic E-state index is 12.2. The summed E-state index contributed by atoms with van der Waals surface area (Å²) in [6.45, 7) is 3.16. The molecule has 15 heavy (non-hydrogen) atoms. The number of piperidine rings is 1. The van der Waals surface area contributed by atoms with E-state index in [2.05, 4.69) is 17.1 Å². The van der Waals surface area contributed by atoms with Gasteiger partial charge in [-0.15, -0.1) is 11.8 Å². The topological polar surface area (TPSA) is 32.3 Å². The molecule has 3 nitrogen and oxygen atoms in total. The van der Waals surface area contributed by atoms with Gasteiger partial charge < -0.3 is 4.90 Å². The van der Waals surface area contributed by atoms with E-state index in [9.17, 15) is 4.79 Å². The largest absolute Gasteiger partial charge is 0.338 e. The van der Waals surface area contributed by atoms with Crippen LogP contribution in [0.3, 0.4) is 0 Å². The van der Waals surface area contributed by atoms with Gasteiger partial charge in [0.15, 0.2) is 0 Å². The molecule has 0 aliphatic carbocycles. The highest BCUT2D eigenvalue weighted by Gasteiger charge is 2.32. The fraction of sp³-hybridized carbons (Fsp3) is 0.909. The van der Waals surface area contributed by atoms with Crippen LogP contribution in [0.2, 0.25) is 0 Å². The van der Waals surface area contributed by atoms with Crippen molar-refractivity contribution in [2.45, 2.75) is 44.7 Å². The van der Waals surface area contributed by atoms with Crippen LogP contribution in [-0.4, -0.2) is 41.1 Å². The van der Waals surface area contributed by atoms with Gasteiger partial charge in [0.1, 0.15) is 0 Å². The van der Waals surface area contributed by atoms with E-state index in [1.54, 1.807) is 0 Å². The minimum Gasteiger partial charge on any atom is -0.338 e. The van der Waals surface area contributed by atoms with Crippen molar-refractivity contribution < 1.29 is 4.79 Å². The summed E-state index contributed by atoms with van der Waals surface area (Å²) in [5.41, 5.74) is 0. The van der Waals surface area contributed by atoms with Gasteiger partial charge >= 0.3 is 0 Å². The fourth-order valence-electron chi connectivity index (χ4n) is 2.47. The van der Waals surface area contributed by atoms with E-state index >= 15 is 0 Å². The lowest BCUT2D eigenvalue weighted by Crippen LogP contribution is -2.51. The van der Waals surface area contributed by atoms with Gasteiger partial charge in [0.2, 0.25) is 5.91 Å². The third kappa shape index (κ3) is 2.48. The molecule has 2 rings (SSSR count). The monoisotopic (exact) mass is 228 g/mol. The number of nitrogens with one attached hydrogen (secondary N) is 1. The minimum atomic E-state index is 0.0853. The van der Waals surface area contributed by atoms with Crippen LogP contribution in [0.1, 0.15) is 32.6 Å². The number of carbonyl (C=O) groups is 1. The molecule has 1 N–H and O–H groups in total. The van der Waals surface area contributed by atoms with Crippen molar-refractivity contribution in [2.75, 3.05) is 18.2 Å². The summed E-state index contributed by atoms with van der Waals surface area (Å²) in [5, 5.41) is 3.27. The lowest BCUT2D eigenvalue weighted by Gasteiger charge is -2.36. The summed E-state index contributed by atoms with van der Waals surface area (Å²) in [4.78, 5) is 14.3. The molecule has 2 fully saturated rings. The van der Waals surface area contributed by atoms with Gasteiger partial charge in [-0.2, -0.15) is 0 Å². The third-order valence-corrected chi connectivity index (χ3v) is 4.34. The van der Waals surface area contributed by atoms with Gasteiger partial charge in [0, 0.05) is 24.2 Å². The Balaban J connectivity index is 1.96. The molecule has 0 saturated carbocycles. The van der Waals surface area contributed by atoms with Crippen LogP contribution in [0.15, 0.2) is 0 Å². The lowest BCUT2D eigenvalue weighted by atomic mass is 9.99. The van der Waals surface area contributed by atoms with Crippen LogP contribution >= 0.6 is 11.8 Å². The Kier molecular flexibility index (Phi) is 3.92. The predicted octanol–water partition coefficient (Wildman–Crippen LogP) is 1.44. The van der Waals surface area contributed by atoms with E-state index in [1.807, 2.05) is 11.8 Å². The van der Waals surface area contributed by atoms with Crippen LogP contribution in [-0.2, 0) is 4.79 Å². The van der Waals surface area contributed by atoms with Crippen LogP contribution in [0.5, 0.6) is 0 Å². The Morgan fingerprint density at radius 1 is 1.53 bits per heavy atom. The van der Waals surface area contributed by atoms with Gasteiger partial charge in [0.05, 0.1) is 6.04 Å². The molecule has 2 unspecified atom stereocenters. The molecule has 2 heterocycles. The Bertz CT molecular complexity index is 229. The maximum atomic E-state index is 12.2. The number of hydrogen-bond donors (Lipinski definition) is 1. The van der Waals surface area contributed by atoms with Gasteiger partial charge in [-0.3, -0.25) is 10.1 Å². The van der Waals surface area contributed by atoms with E-state index in [1.165, 1.54) is 19.3 Å². The van der Waals surface area contributed by atoms with Crippen molar-refractivity contribution in [3.63, 3.8) is 0 Å². The average Bonchev–Trinajstić information content (AvgIpc) is 2.81. The summed E-state index contributed by atoms with van der Waals surface area (Å²) in [6, 6.07) is 0.584. The molecule has 0 bridgehead atoms. The number of amides is 1. The summed E-state index contributed by atoms with van der Waals surface area (Å²) >= 11 is 1.82. The second-order valence-corrected chi connectivity index (χ2v) is 5.39. The molecule has 2 aliphatic heterocycles. The quantitative estimate of drug-likeness (QED) is 0.776. The Morgan fingerprint density at radius 2 is 2.40 bits per heavy atom. The van der Waals surface area contributed by atoms with E-state index in [0.29, 0.717) is 11.9 Å². The summed E-state index contributed by atoms with van der Waals surface area (Å²) in [6.07, 6.45) is 4.77. The molecule has 2 aliphatic rings. The molecule has 0 spiro atoms. The van der Waals surface area contributed by atoms with Gasteiger partial charge in [-0.05, 0) is 25.7 Å². The highest BCUT2D eigenvalue weighted by molar-refractivity contribution is 7.99. The second kappa shape index (κ2) is 5.21. The first-order chi connectivity index (χ1) is 7.33. The number of carbonyl (C=O) groups excluding carboxylic acids is 1. The molecule has 1 amide bonds. The van der Waals surface area contributed by atoms with E-state index in [4.69, 9.17) is 0 Å². The summed E-state index contributed by atoms with van der Waals surface area (Å²) in [7, 11) is 0. The van der Waals surface area contributed by atoms with Crippen LogP contribution in [0, 0.1) is 0 Å². The summed E-state index contributed by atoms with van der Waals surface area (Å²) in [5.74, 6) is 2.22. The highest BCUT2D eigenvalue weighted by atomic mass is 32.2. The number of rotatable bonds is 2. The first-order valence-corrected chi connectivity index (χ1v) is 7.10. The van der Waals surface area contributed by atoms with Crippen LogP contribution in [0.25, 0.3) is 0 Å². The molecular formula is C11H20N2OS. The van der Waals surface area contributed by atoms with E-state index in [0.717, 1.165) is 24.6 Å². The van der Waals surface area contributed by atoms with Crippen molar-refractivity contribution in [1.29, 1.82) is 0 Å². The Hall–Kier alpha value is -0.220. The molecule has 2 saturated heterocycles. The molecule has 86 valence electrons. The minimum absolute atomic E-state index is 0.0853. The lowest BCUT2D eigenvalue weighted by molar-refractivity contribution is -0.136. The highest BCUT2D eigenvalue weighted by Crippen LogP contribution is 2.22. The smallest absolute Gasteiger partial charge is 0.240 e. The molecule has 0 aromatic rings. The third-order valence-electron chi connectivity index (χ3n) is 3.40. The number of hydrogen-bond acceptors (Lipinski definition) is 3. The maximum Gasteiger partial charge on any atom is 0.240 e. The first-order valence-electron chi connectivity index (χ1n) is 5.94.